The highest BCUT2D eigenvalue weighted by Gasteiger charge is 2.27. The van der Waals surface area contributed by atoms with E-state index in [0.717, 1.165) is 18.9 Å². The molecule has 3 rings (SSSR count). The number of ether oxygens (including phenoxy) is 1. The molecule has 0 aliphatic carbocycles. The smallest absolute Gasteiger partial charge is 0.338 e. The lowest BCUT2D eigenvalue weighted by atomic mass is 10.2. The number of amides is 1. The van der Waals surface area contributed by atoms with Gasteiger partial charge in [-0.3, -0.25) is 14.9 Å². The number of hydrogen-bond acceptors (Lipinski definition) is 7. The molecule has 0 aromatic heterocycles. The van der Waals surface area contributed by atoms with Gasteiger partial charge in [0.2, 0.25) is 10.0 Å². The highest BCUT2D eigenvalue weighted by Crippen LogP contribution is 2.23. The standard InChI is InChI=1S/C19H19N3O7S/c23-18(13-29-19(24)14-5-3-7-16(11-14)22(25)26)20-15-6-4-8-17(12-15)30(27,28)21-9-1-2-10-21/h3-8,11-12H,1-2,9-10,13H2,(H,20,23). The zero-order chi connectivity index (χ0) is 21.7. The third-order valence-electron chi connectivity index (χ3n) is 4.45. The van der Waals surface area contributed by atoms with E-state index in [9.17, 15) is 28.1 Å². The first-order valence-electron chi connectivity index (χ1n) is 9.09. The highest BCUT2D eigenvalue weighted by molar-refractivity contribution is 7.89. The van der Waals surface area contributed by atoms with Crippen molar-refractivity contribution in [1.29, 1.82) is 0 Å². The van der Waals surface area contributed by atoms with Crippen LogP contribution in [0.5, 0.6) is 0 Å². The Hall–Kier alpha value is -3.31. The molecule has 10 nitrogen and oxygen atoms in total. The third-order valence-corrected chi connectivity index (χ3v) is 6.34. The second-order valence-corrected chi connectivity index (χ2v) is 8.51. The fourth-order valence-corrected chi connectivity index (χ4v) is 4.53. The van der Waals surface area contributed by atoms with Crippen LogP contribution < -0.4 is 5.32 Å². The molecule has 11 heteroatoms. The average molecular weight is 433 g/mol. The van der Waals surface area contributed by atoms with E-state index in [4.69, 9.17) is 4.74 Å². The maximum atomic E-state index is 12.6. The van der Waals surface area contributed by atoms with Crippen molar-refractivity contribution in [3.63, 3.8) is 0 Å². The van der Waals surface area contributed by atoms with Crippen molar-refractivity contribution in [2.45, 2.75) is 17.7 Å². The summed E-state index contributed by atoms with van der Waals surface area (Å²) in [6.07, 6.45) is 1.62. The molecule has 2 aromatic rings. The van der Waals surface area contributed by atoms with Crippen molar-refractivity contribution in [2.75, 3.05) is 25.0 Å². The maximum Gasteiger partial charge on any atom is 0.338 e. The summed E-state index contributed by atoms with van der Waals surface area (Å²) < 4.78 is 31.5. The van der Waals surface area contributed by atoms with Crippen LogP contribution in [0.4, 0.5) is 11.4 Å². The van der Waals surface area contributed by atoms with E-state index in [-0.39, 0.29) is 21.8 Å². The van der Waals surface area contributed by atoms with Crippen LogP contribution in [0.1, 0.15) is 23.2 Å². The fraction of sp³-hybridized carbons (Fsp3) is 0.263. The molecule has 1 amide bonds. The first-order valence-corrected chi connectivity index (χ1v) is 10.5. The number of hydrogen-bond donors (Lipinski definition) is 1. The number of esters is 1. The lowest BCUT2D eigenvalue weighted by Gasteiger charge is -2.16. The van der Waals surface area contributed by atoms with Crippen molar-refractivity contribution < 1.29 is 27.7 Å². The molecule has 30 heavy (non-hydrogen) atoms. The summed E-state index contributed by atoms with van der Waals surface area (Å²) in [5.41, 5.74) is -0.0905. The van der Waals surface area contributed by atoms with E-state index in [0.29, 0.717) is 13.1 Å². The molecule has 2 aromatic carbocycles. The number of benzene rings is 2. The lowest BCUT2D eigenvalue weighted by Crippen LogP contribution is -2.28. The second kappa shape index (κ2) is 9.01. The largest absolute Gasteiger partial charge is 0.452 e. The number of non-ortho nitro benzene ring substituents is 1. The highest BCUT2D eigenvalue weighted by atomic mass is 32.2. The van der Waals surface area contributed by atoms with Gasteiger partial charge in [0.05, 0.1) is 15.4 Å². The van der Waals surface area contributed by atoms with Gasteiger partial charge in [-0.15, -0.1) is 0 Å². The molecule has 1 saturated heterocycles. The summed E-state index contributed by atoms with van der Waals surface area (Å²) >= 11 is 0. The van der Waals surface area contributed by atoms with Crippen LogP contribution >= 0.6 is 0 Å². The summed E-state index contributed by atoms with van der Waals surface area (Å²) in [6, 6.07) is 10.8. The quantitative estimate of drug-likeness (QED) is 0.401. The van der Waals surface area contributed by atoms with Crippen LogP contribution in [-0.4, -0.2) is 49.2 Å². The summed E-state index contributed by atoms with van der Waals surface area (Å²) in [5, 5.41) is 13.2. The van der Waals surface area contributed by atoms with Gasteiger partial charge in [-0.1, -0.05) is 12.1 Å². The Morgan fingerprint density at radius 2 is 1.80 bits per heavy atom. The zero-order valence-corrected chi connectivity index (χ0v) is 16.6. The predicted octanol–water partition coefficient (Wildman–Crippen LogP) is 2.17. The SMILES string of the molecule is O=C(COC(=O)c1cccc([N+](=O)[O-])c1)Nc1cccc(S(=O)(=O)N2CCCC2)c1. The van der Waals surface area contributed by atoms with Gasteiger partial charge < -0.3 is 10.1 Å². The molecule has 1 heterocycles. The van der Waals surface area contributed by atoms with Crippen LogP contribution in [-0.2, 0) is 19.6 Å². The predicted molar refractivity (Wildman–Crippen MR) is 106 cm³/mol. The molecule has 0 radical (unpaired) electrons. The van der Waals surface area contributed by atoms with Crippen LogP contribution in [0, 0.1) is 10.1 Å². The zero-order valence-electron chi connectivity index (χ0n) is 15.8. The number of nitrogens with one attached hydrogen (secondary N) is 1. The minimum Gasteiger partial charge on any atom is -0.452 e. The maximum absolute atomic E-state index is 12.6. The van der Waals surface area contributed by atoms with E-state index < -0.39 is 33.4 Å². The van der Waals surface area contributed by atoms with Gasteiger partial charge in [0, 0.05) is 30.9 Å². The number of sulfonamides is 1. The molecule has 1 aliphatic heterocycles. The molecule has 0 spiro atoms. The molecule has 158 valence electrons. The average Bonchev–Trinajstić information content (AvgIpc) is 3.28. The van der Waals surface area contributed by atoms with Gasteiger partial charge >= 0.3 is 5.97 Å². The molecule has 1 N–H and O–H groups in total. The molecular formula is C19H19N3O7S. The van der Waals surface area contributed by atoms with Gasteiger partial charge in [0.1, 0.15) is 0 Å². The van der Waals surface area contributed by atoms with Crippen molar-refractivity contribution >= 4 is 33.3 Å². The molecule has 0 saturated carbocycles. The van der Waals surface area contributed by atoms with Gasteiger partial charge in [-0.2, -0.15) is 4.31 Å². The molecule has 0 atom stereocenters. The normalized spacial score (nSPS) is 14.3. The van der Waals surface area contributed by atoms with Crippen molar-refractivity contribution in [1.82, 2.24) is 4.31 Å². The molecule has 1 fully saturated rings. The van der Waals surface area contributed by atoms with Crippen molar-refractivity contribution in [3.8, 4) is 0 Å². The van der Waals surface area contributed by atoms with Crippen LogP contribution in [0.3, 0.4) is 0 Å². The minimum absolute atomic E-state index is 0.0595. The summed E-state index contributed by atoms with van der Waals surface area (Å²) in [5.74, 6) is -1.57. The molecule has 0 bridgehead atoms. The molecule has 0 unspecified atom stereocenters. The fourth-order valence-electron chi connectivity index (χ4n) is 2.97. The first-order chi connectivity index (χ1) is 14.3. The number of anilines is 1. The lowest BCUT2D eigenvalue weighted by molar-refractivity contribution is -0.384. The van der Waals surface area contributed by atoms with Crippen LogP contribution in [0.25, 0.3) is 0 Å². The van der Waals surface area contributed by atoms with E-state index in [1.807, 2.05) is 0 Å². The van der Waals surface area contributed by atoms with Gasteiger partial charge in [-0.05, 0) is 37.1 Å². The molecule has 1 aliphatic rings. The Morgan fingerprint density at radius 3 is 2.50 bits per heavy atom. The van der Waals surface area contributed by atoms with Gasteiger partial charge in [0.15, 0.2) is 6.61 Å². The van der Waals surface area contributed by atoms with Gasteiger partial charge in [0.25, 0.3) is 11.6 Å². The summed E-state index contributed by atoms with van der Waals surface area (Å²) in [4.78, 5) is 34.3. The summed E-state index contributed by atoms with van der Waals surface area (Å²) in [6.45, 7) is 0.295. The number of carbonyl (C=O) groups excluding carboxylic acids is 2. The van der Waals surface area contributed by atoms with Gasteiger partial charge in [-0.25, -0.2) is 13.2 Å². The number of carbonyl (C=O) groups is 2. The Morgan fingerprint density at radius 1 is 1.10 bits per heavy atom. The number of nitrogens with zero attached hydrogens (tertiary/aromatic N) is 2. The molecular weight excluding hydrogens is 414 g/mol. The third kappa shape index (κ3) is 4.99. The second-order valence-electron chi connectivity index (χ2n) is 6.57. The minimum atomic E-state index is -3.63. The van der Waals surface area contributed by atoms with E-state index >= 15 is 0 Å². The van der Waals surface area contributed by atoms with Crippen molar-refractivity contribution in [3.05, 3.63) is 64.2 Å². The Bertz CT molecular complexity index is 1080. The Balaban J connectivity index is 1.61. The monoisotopic (exact) mass is 433 g/mol. The number of rotatable bonds is 7. The summed E-state index contributed by atoms with van der Waals surface area (Å²) in [7, 11) is -3.63. The Kier molecular flexibility index (Phi) is 6.43. The van der Waals surface area contributed by atoms with E-state index in [1.165, 1.54) is 46.8 Å². The van der Waals surface area contributed by atoms with Crippen LogP contribution in [0.2, 0.25) is 0 Å². The van der Waals surface area contributed by atoms with E-state index in [1.54, 1.807) is 0 Å². The Labute approximate surface area is 172 Å². The number of nitro groups is 1. The van der Waals surface area contributed by atoms with E-state index in [2.05, 4.69) is 5.32 Å². The first kappa shape index (κ1) is 21.4. The van der Waals surface area contributed by atoms with Crippen LogP contribution in [0.15, 0.2) is 53.4 Å². The number of nitro benzene ring substituents is 1. The van der Waals surface area contributed by atoms with Crippen molar-refractivity contribution in [2.24, 2.45) is 0 Å². The topological polar surface area (TPSA) is 136 Å².